The molecular weight excluding hydrogens is 286 g/mol. The van der Waals surface area contributed by atoms with E-state index >= 15 is 0 Å². The predicted octanol–water partition coefficient (Wildman–Crippen LogP) is 3.90. The van der Waals surface area contributed by atoms with Gasteiger partial charge in [-0.25, -0.2) is 0 Å². The van der Waals surface area contributed by atoms with E-state index < -0.39 is 0 Å². The first-order chi connectivity index (χ1) is 11.0. The van der Waals surface area contributed by atoms with Crippen molar-refractivity contribution < 1.29 is 9.53 Å². The van der Waals surface area contributed by atoms with Crippen molar-refractivity contribution in [1.82, 2.24) is 5.32 Å². The van der Waals surface area contributed by atoms with Gasteiger partial charge in [-0.05, 0) is 44.5 Å². The van der Waals surface area contributed by atoms with Gasteiger partial charge in [0.05, 0.1) is 6.04 Å². The van der Waals surface area contributed by atoms with E-state index in [1.54, 1.807) is 6.08 Å². The third kappa shape index (κ3) is 5.99. The summed E-state index contributed by atoms with van der Waals surface area (Å²) < 4.78 is 5.66. The Balaban J connectivity index is 1.77. The maximum absolute atomic E-state index is 11.9. The van der Waals surface area contributed by atoms with Crippen molar-refractivity contribution in [1.29, 1.82) is 0 Å². The highest BCUT2D eigenvalue weighted by molar-refractivity contribution is 5.91. The smallest absolute Gasteiger partial charge is 0.244 e. The lowest BCUT2D eigenvalue weighted by Crippen LogP contribution is -2.35. The maximum Gasteiger partial charge on any atom is 0.244 e. The third-order valence-electron chi connectivity index (χ3n) is 3.41. The van der Waals surface area contributed by atoms with Crippen LogP contribution in [0.3, 0.4) is 0 Å². The van der Waals surface area contributed by atoms with Crippen molar-refractivity contribution in [2.24, 2.45) is 0 Å². The van der Waals surface area contributed by atoms with Crippen molar-refractivity contribution in [2.45, 2.75) is 26.8 Å². The highest BCUT2D eigenvalue weighted by Gasteiger charge is 2.05. The molecule has 0 aliphatic carbocycles. The van der Waals surface area contributed by atoms with Crippen LogP contribution in [0.2, 0.25) is 0 Å². The summed E-state index contributed by atoms with van der Waals surface area (Å²) in [5.74, 6) is 0.692. The highest BCUT2D eigenvalue weighted by atomic mass is 16.5. The molecule has 1 atom stereocenters. The second kappa shape index (κ2) is 8.18. The zero-order valence-electron chi connectivity index (χ0n) is 13.9. The second-order valence-corrected chi connectivity index (χ2v) is 5.78. The lowest BCUT2D eigenvalue weighted by molar-refractivity contribution is -0.117. The number of carbonyl (C=O) groups is 1. The number of amides is 1. The summed E-state index contributed by atoms with van der Waals surface area (Å²) in [6.07, 6.45) is 3.36. The van der Waals surface area contributed by atoms with E-state index in [9.17, 15) is 4.79 Å². The van der Waals surface area contributed by atoms with Crippen LogP contribution in [0.1, 0.15) is 23.6 Å². The largest absolute Gasteiger partial charge is 0.491 e. The van der Waals surface area contributed by atoms with E-state index in [0.29, 0.717) is 6.61 Å². The first-order valence-electron chi connectivity index (χ1n) is 7.77. The lowest BCUT2D eigenvalue weighted by Gasteiger charge is -2.14. The minimum absolute atomic E-state index is 0.0635. The summed E-state index contributed by atoms with van der Waals surface area (Å²) in [7, 11) is 0. The van der Waals surface area contributed by atoms with Crippen molar-refractivity contribution in [3.8, 4) is 5.75 Å². The average Bonchev–Trinajstić information content (AvgIpc) is 2.54. The summed E-state index contributed by atoms with van der Waals surface area (Å²) >= 11 is 0. The number of hydrogen-bond donors (Lipinski definition) is 1. The molecule has 1 N–H and O–H groups in total. The summed E-state index contributed by atoms with van der Waals surface area (Å²) in [4.78, 5) is 11.9. The fourth-order valence-electron chi connectivity index (χ4n) is 2.04. The highest BCUT2D eigenvalue weighted by Crippen LogP contribution is 2.11. The van der Waals surface area contributed by atoms with Crippen molar-refractivity contribution >= 4 is 12.0 Å². The molecule has 0 heterocycles. The molecule has 0 radical (unpaired) electrons. The zero-order valence-corrected chi connectivity index (χ0v) is 13.9. The molecule has 1 amide bonds. The van der Waals surface area contributed by atoms with Gasteiger partial charge < -0.3 is 10.1 Å². The molecule has 2 rings (SSSR count). The molecule has 0 fully saturated rings. The van der Waals surface area contributed by atoms with Crippen LogP contribution in [0.4, 0.5) is 0 Å². The summed E-state index contributed by atoms with van der Waals surface area (Å²) in [6, 6.07) is 15.8. The van der Waals surface area contributed by atoms with Gasteiger partial charge in [0, 0.05) is 6.08 Å². The van der Waals surface area contributed by atoms with E-state index in [0.717, 1.165) is 11.3 Å². The van der Waals surface area contributed by atoms with Crippen LogP contribution in [0.5, 0.6) is 5.75 Å². The number of hydrogen-bond acceptors (Lipinski definition) is 2. The van der Waals surface area contributed by atoms with Crippen LogP contribution in [0, 0.1) is 13.8 Å². The lowest BCUT2D eigenvalue weighted by atomic mass is 10.1. The van der Waals surface area contributed by atoms with Crippen LogP contribution in [0.25, 0.3) is 6.08 Å². The van der Waals surface area contributed by atoms with Gasteiger partial charge >= 0.3 is 0 Å². The van der Waals surface area contributed by atoms with Crippen LogP contribution in [0.15, 0.2) is 54.6 Å². The first-order valence-corrected chi connectivity index (χ1v) is 7.77. The molecule has 23 heavy (non-hydrogen) atoms. The molecule has 0 aromatic heterocycles. The van der Waals surface area contributed by atoms with Gasteiger partial charge in [-0.3, -0.25) is 4.79 Å². The molecule has 0 unspecified atom stereocenters. The van der Waals surface area contributed by atoms with Crippen LogP contribution >= 0.6 is 0 Å². The van der Waals surface area contributed by atoms with E-state index in [1.165, 1.54) is 11.1 Å². The van der Waals surface area contributed by atoms with E-state index in [1.807, 2.05) is 75.4 Å². The molecule has 0 saturated carbocycles. The minimum atomic E-state index is -0.120. The molecule has 2 aromatic rings. The van der Waals surface area contributed by atoms with Gasteiger partial charge in [-0.2, -0.15) is 0 Å². The molecule has 3 nitrogen and oxygen atoms in total. The van der Waals surface area contributed by atoms with Gasteiger partial charge in [0.1, 0.15) is 12.4 Å². The third-order valence-corrected chi connectivity index (χ3v) is 3.41. The van der Waals surface area contributed by atoms with Gasteiger partial charge in [0.25, 0.3) is 0 Å². The number of nitrogens with one attached hydrogen (secondary N) is 1. The van der Waals surface area contributed by atoms with E-state index in [-0.39, 0.29) is 11.9 Å². The molecule has 2 aromatic carbocycles. The molecule has 0 aliphatic rings. The van der Waals surface area contributed by atoms with Gasteiger partial charge in [0.2, 0.25) is 5.91 Å². The topological polar surface area (TPSA) is 38.3 Å². The Bertz CT molecular complexity index is 657. The molecule has 3 heteroatoms. The van der Waals surface area contributed by atoms with Crippen LogP contribution in [-0.4, -0.2) is 18.6 Å². The van der Waals surface area contributed by atoms with Gasteiger partial charge in [-0.15, -0.1) is 0 Å². The SMILES string of the molecule is Cc1ccc(/C=C/C(=O)N[C@H](C)COc2ccc(C)cc2)cc1. The minimum Gasteiger partial charge on any atom is -0.491 e. The average molecular weight is 309 g/mol. The second-order valence-electron chi connectivity index (χ2n) is 5.78. The number of rotatable bonds is 6. The Hall–Kier alpha value is -2.55. The monoisotopic (exact) mass is 309 g/mol. The van der Waals surface area contributed by atoms with Gasteiger partial charge in [-0.1, -0.05) is 47.5 Å². The van der Waals surface area contributed by atoms with Crippen molar-refractivity contribution in [2.75, 3.05) is 6.61 Å². The molecule has 0 bridgehead atoms. The molecule has 120 valence electrons. The summed E-state index contributed by atoms with van der Waals surface area (Å²) in [6.45, 7) is 6.43. The van der Waals surface area contributed by atoms with Crippen LogP contribution < -0.4 is 10.1 Å². The van der Waals surface area contributed by atoms with Crippen LogP contribution in [-0.2, 0) is 4.79 Å². The first kappa shape index (κ1) is 16.8. The quantitative estimate of drug-likeness (QED) is 0.822. The standard InChI is InChI=1S/C20H23NO2/c1-15-4-8-18(9-5-15)10-13-20(22)21-17(3)14-23-19-11-6-16(2)7-12-19/h4-13,17H,14H2,1-3H3,(H,21,22)/b13-10+/t17-/m1/s1. The zero-order chi connectivity index (χ0) is 16.7. The maximum atomic E-state index is 11.9. The summed E-state index contributed by atoms with van der Waals surface area (Å²) in [5.41, 5.74) is 3.41. The van der Waals surface area contributed by atoms with E-state index in [2.05, 4.69) is 5.32 Å². The number of benzene rings is 2. The summed E-state index contributed by atoms with van der Waals surface area (Å²) in [5, 5.41) is 2.89. The molecule has 0 saturated heterocycles. The van der Waals surface area contributed by atoms with E-state index in [4.69, 9.17) is 4.74 Å². The Kier molecular flexibility index (Phi) is 5.98. The Labute approximate surface area is 138 Å². The molecular formula is C20H23NO2. The Morgan fingerprint density at radius 3 is 2.22 bits per heavy atom. The molecule has 0 aliphatic heterocycles. The Morgan fingerprint density at radius 1 is 1.04 bits per heavy atom. The number of aryl methyl sites for hydroxylation is 2. The van der Waals surface area contributed by atoms with Gasteiger partial charge in [0.15, 0.2) is 0 Å². The fraction of sp³-hybridized carbons (Fsp3) is 0.250. The number of carbonyl (C=O) groups excluding carboxylic acids is 1. The Morgan fingerprint density at radius 2 is 1.61 bits per heavy atom. The normalized spacial score (nSPS) is 12.1. The van der Waals surface area contributed by atoms with Crippen molar-refractivity contribution in [3.05, 3.63) is 71.3 Å². The molecule has 0 spiro atoms. The predicted molar refractivity (Wildman–Crippen MR) is 94.5 cm³/mol. The van der Waals surface area contributed by atoms with Crippen molar-refractivity contribution in [3.63, 3.8) is 0 Å². The number of ether oxygens (including phenoxy) is 1. The fourth-order valence-corrected chi connectivity index (χ4v) is 2.04.